The van der Waals surface area contributed by atoms with Crippen molar-refractivity contribution in [2.45, 2.75) is 31.2 Å². The average Bonchev–Trinajstić information content (AvgIpc) is 2.60. The van der Waals surface area contributed by atoms with E-state index in [1.54, 1.807) is 30.3 Å². The molecule has 1 aliphatic carbocycles. The van der Waals surface area contributed by atoms with Gasteiger partial charge in [0.25, 0.3) is 0 Å². The molecule has 0 bridgehead atoms. The first-order chi connectivity index (χ1) is 7.99. The molecule has 0 heterocycles. The van der Waals surface area contributed by atoms with Gasteiger partial charge < -0.3 is 5.11 Å². The molecule has 1 amide bonds. The van der Waals surface area contributed by atoms with Gasteiger partial charge >= 0.3 is 6.09 Å². The summed E-state index contributed by atoms with van der Waals surface area (Å²) in [6, 6.07) is 7.74. The Morgan fingerprint density at radius 3 is 2.47 bits per heavy atom. The Bertz CT molecular complexity index is 408. The van der Waals surface area contributed by atoms with E-state index in [9.17, 15) is 13.6 Å². The first-order valence-corrected chi connectivity index (χ1v) is 5.45. The van der Waals surface area contributed by atoms with Crippen LogP contribution in [0.3, 0.4) is 0 Å². The van der Waals surface area contributed by atoms with Crippen molar-refractivity contribution in [3.05, 3.63) is 30.3 Å². The van der Waals surface area contributed by atoms with Gasteiger partial charge in [0.1, 0.15) is 0 Å². The first kappa shape index (κ1) is 11.8. The van der Waals surface area contributed by atoms with Gasteiger partial charge in [-0.2, -0.15) is 0 Å². The molecule has 0 aromatic heterocycles. The molecule has 0 aliphatic heterocycles. The highest BCUT2D eigenvalue weighted by Crippen LogP contribution is 2.38. The Kier molecular flexibility index (Phi) is 3.00. The normalized spacial score (nSPS) is 22.4. The molecule has 1 fully saturated rings. The molecule has 1 atom stereocenters. The lowest BCUT2D eigenvalue weighted by Crippen LogP contribution is -2.38. The van der Waals surface area contributed by atoms with Gasteiger partial charge in [0.2, 0.25) is 5.92 Å². The molecule has 17 heavy (non-hydrogen) atoms. The number of nitrogens with zero attached hydrogens (tertiary/aromatic N) is 1. The van der Waals surface area contributed by atoms with E-state index in [0.717, 1.165) is 4.90 Å². The number of benzene rings is 1. The fraction of sp³-hybridized carbons (Fsp3) is 0.417. The molecule has 1 aliphatic rings. The zero-order chi connectivity index (χ0) is 12.5. The SMILES string of the molecule is O=C(O)N(c1ccccc1)C1CCC(F)(F)C1. The van der Waals surface area contributed by atoms with Crippen LogP contribution in [0.5, 0.6) is 0 Å². The molecule has 0 spiro atoms. The van der Waals surface area contributed by atoms with Crippen molar-refractivity contribution in [2.75, 3.05) is 4.90 Å². The summed E-state index contributed by atoms with van der Waals surface area (Å²) in [5, 5.41) is 9.14. The van der Waals surface area contributed by atoms with Crippen LogP contribution in [-0.4, -0.2) is 23.2 Å². The minimum absolute atomic E-state index is 0.203. The van der Waals surface area contributed by atoms with E-state index in [1.165, 1.54) is 0 Å². The molecular formula is C12H13F2NO2. The Morgan fingerprint density at radius 1 is 1.35 bits per heavy atom. The summed E-state index contributed by atoms with van der Waals surface area (Å²) in [4.78, 5) is 12.2. The van der Waals surface area contributed by atoms with Crippen LogP contribution in [0.4, 0.5) is 19.3 Å². The molecule has 1 N–H and O–H groups in total. The minimum Gasteiger partial charge on any atom is -0.465 e. The maximum Gasteiger partial charge on any atom is 0.412 e. The number of para-hydroxylation sites is 1. The van der Waals surface area contributed by atoms with Gasteiger partial charge in [0.05, 0.1) is 0 Å². The van der Waals surface area contributed by atoms with Crippen LogP contribution < -0.4 is 4.90 Å². The molecule has 1 saturated carbocycles. The molecule has 5 heteroatoms. The van der Waals surface area contributed by atoms with Crippen LogP contribution in [0.2, 0.25) is 0 Å². The summed E-state index contributed by atoms with van der Waals surface area (Å²) in [5.74, 6) is -2.74. The van der Waals surface area contributed by atoms with Gasteiger partial charge in [0.15, 0.2) is 0 Å². The Balaban J connectivity index is 2.23. The summed E-state index contributed by atoms with van der Waals surface area (Å²) in [5.41, 5.74) is 0.447. The monoisotopic (exact) mass is 241 g/mol. The summed E-state index contributed by atoms with van der Waals surface area (Å²) in [7, 11) is 0. The third-order valence-electron chi connectivity index (χ3n) is 2.98. The highest BCUT2D eigenvalue weighted by Gasteiger charge is 2.43. The largest absolute Gasteiger partial charge is 0.465 e. The number of hydrogen-bond acceptors (Lipinski definition) is 1. The lowest BCUT2D eigenvalue weighted by molar-refractivity contribution is 0.00789. The number of hydrogen-bond donors (Lipinski definition) is 1. The van der Waals surface area contributed by atoms with E-state index in [2.05, 4.69) is 0 Å². The highest BCUT2D eigenvalue weighted by atomic mass is 19.3. The highest BCUT2D eigenvalue weighted by molar-refractivity contribution is 5.86. The quantitative estimate of drug-likeness (QED) is 0.862. The molecule has 92 valence electrons. The van der Waals surface area contributed by atoms with Gasteiger partial charge in [-0.15, -0.1) is 0 Å². The van der Waals surface area contributed by atoms with Crippen molar-refractivity contribution in [3.63, 3.8) is 0 Å². The van der Waals surface area contributed by atoms with E-state index in [-0.39, 0.29) is 12.8 Å². The van der Waals surface area contributed by atoms with Gasteiger partial charge in [-0.05, 0) is 18.6 Å². The topological polar surface area (TPSA) is 40.5 Å². The fourth-order valence-electron chi connectivity index (χ4n) is 2.21. The predicted octanol–water partition coefficient (Wildman–Crippen LogP) is 3.36. The van der Waals surface area contributed by atoms with Crippen molar-refractivity contribution in [1.82, 2.24) is 0 Å². The summed E-state index contributed by atoms with van der Waals surface area (Å²) < 4.78 is 26.2. The predicted molar refractivity (Wildman–Crippen MR) is 59.5 cm³/mol. The number of carbonyl (C=O) groups is 1. The number of anilines is 1. The van der Waals surface area contributed by atoms with Crippen molar-refractivity contribution < 1.29 is 18.7 Å². The minimum atomic E-state index is -2.74. The summed E-state index contributed by atoms with van der Waals surface area (Å²) >= 11 is 0. The van der Waals surface area contributed by atoms with Crippen molar-refractivity contribution in [3.8, 4) is 0 Å². The lowest BCUT2D eigenvalue weighted by atomic mass is 10.2. The molecular weight excluding hydrogens is 228 g/mol. The van der Waals surface area contributed by atoms with E-state index in [0.29, 0.717) is 5.69 Å². The molecule has 3 nitrogen and oxygen atoms in total. The van der Waals surface area contributed by atoms with E-state index in [1.807, 2.05) is 0 Å². The second-order valence-electron chi connectivity index (χ2n) is 4.24. The summed E-state index contributed by atoms with van der Waals surface area (Å²) in [6.07, 6.45) is -1.62. The van der Waals surface area contributed by atoms with Crippen molar-refractivity contribution in [2.24, 2.45) is 0 Å². The van der Waals surface area contributed by atoms with Crippen molar-refractivity contribution >= 4 is 11.8 Å². The molecule has 2 rings (SSSR count). The van der Waals surface area contributed by atoms with Gasteiger partial charge in [0, 0.05) is 24.6 Å². The smallest absolute Gasteiger partial charge is 0.412 e. The molecule has 1 unspecified atom stereocenters. The fourth-order valence-corrected chi connectivity index (χ4v) is 2.21. The lowest BCUT2D eigenvalue weighted by Gasteiger charge is -2.26. The molecule has 1 aromatic carbocycles. The van der Waals surface area contributed by atoms with Crippen LogP contribution in [0, 0.1) is 0 Å². The first-order valence-electron chi connectivity index (χ1n) is 5.45. The van der Waals surface area contributed by atoms with Gasteiger partial charge in [-0.3, -0.25) is 4.90 Å². The van der Waals surface area contributed by atoms with E-state index >= 15 is 0 Å². The maximum atomic E-state index is 13.1. The third-order valence-corrected chi connectivity index (χ3v) is 2.98. The molecule has 0 saturated heterocycles. The zero-order valence-electron chi connectivity index (χ0n) is 9.14. The number of amides is 1. The Morgan fingerprint density at radius 2 is 2.00 bits per heavy atom. The van der Waals surface area contributed by atoms with Crippen molar-refractivity contribution in [1.29, 1.82) is 0 Å². The standard InChI is InChI=1S/C12H13F2NO2/c13-12(14)7-6-10(8-12)15(11(16)17)9-4-2-1-3-5-9/h1-5,10H,6-8H2,(H,16,17). The summed E-state index contributed by atoms with van der Waals surface area (Å²) in [6.45, 7) is 0. The molecule has 1 aromatic rings. The van der Waals surface area contributed by atoms with Crippen LogP contribution in [0.1, 0.15) is 19.3 Å². The Hall–Kier alpha value is -1.65. The number of carboxylic acid groups (broad SMARTS) is 1. The van der Waals surface area contributed by atoms with E-state index in [4.69, 9.17) is 5.11 Å². The third kappa shape index (κ3) is 2.54. The molecule has 0 radical (unpaired) electrons. The number of halogens is 2. The van der Waals surface area contributed by atoms with Crippen LogP contribution in [0.15, 0.2) is 30.3 Å². The number of alkyl halides is 2. The maximum absolute atomic E-state index is 13.1. The van der Waals surface area contributed by atoms with Crippen LogP contribution in [0.25, 0.3) is 0 Å². The Labute approximate surface area is 97.7 Å². The second kappa shape index (κ2) is 4.31. The van der Waals surface area contributed by atoms with E-state index < -0.39 is 24.5 Å². The van der Waals surface area contributed by atoms with Gasteiger partial charge in [-0.25, -0.2) is 13.6 Å². The average molecular weight is 241 g/mol. The second-order valence-corrected chi connectivity index (χ2v) is 4.24. The van der Waals surface area contributed by atoms with Gasteiger partial charge in [-0.1, -0.05) is 18.2 Å². The van der Waals surface area contributed by atoms with Crippen LogP contribution in [-0.2, 0) is 0 Å². The zero-order valence-corrected chi connectivity index (χ0v) is 9.14. The number of rotatable bonds is 2. The van der Waals surface area contributed by atoms with Crippen LogP contribution >= 0.6 is 0 Å².